The molecule has 0 saturated carbocycles. The molecule has 1 fully saturated rings. The summed E-state index contributed by atoms with van der Waals surface area (Å²) in [6.45, 7) is 4.27. The molecule has 4 rings (SSSR count). The summed E-state index contributed by atoms with van der Waals surface area (Å²) < 4.78 is 0. The van der Waals surface area contributed by atoms with E-state index >= 15 is 0 Å². The van der Waals surface area contributed by atoms with Crippen molar-refractivity contribution in [1.29, 1.82) is 0 Å². The molecule has 0 aromatic heterocycles. The van der Waals surface area contributed by atoms with Crippen LogP contribution in [0.25, 0.3) is 0 Å². The molecule has 1 nitrogen and oxygen atoms in total. The Kier molecular flexibility index (Phi) is 5.23. The largest absolute Gasteiger partial charge is 0.299 e. The molecule has 3 aromatic carbocycles. The molecule has 5 atom stereocenters. The van der Waals surface area contributed by atoms with E-state index in [1.165, 1.54) is 16.4 Å². The zero-order valence-electron chi connectivity index (χ0n) is 15.8. The van der Waals surface area contributed by atoms with Gasteiger partial charge < -0.3 is 0 Å². The van der Waals surface area contributed by atoms with Gasteiger partial charge in [-0.05, 0) is 16.4 Å². The molecule has 27 heavy (non-hydrogen) atoms. The maximum absolute atomic E-state index is 13.3. The van der Waals surface area contributed by atoms with E-state index in [1.54, 1.807) is 0 Å². The van der Waals surface area contributed by atoms with Gasteiger partial charge in [-0.15, -0.1) is 0 Å². The molecule has 0 aliphatic carbocycles. The number of Topliss-reactive ketones (excluding diaryl/α,β-unsaturated/α-hetero) is 1. The Morgan fingerprint density at radius 1 is 0.593 bits per heavy atom. The van der Waals surface area contributed by atoms with Gasteiger partial charge in [0.05, 0.1) is 0 Å². The fraction of sp³-hybridized carbons (Fsp3) is 0.240. The van der Waals surface area contributed by atoms with Gasteiger partial charge in [0, 0.05) is 23.2 Å². The van der Waals surface area contributed by atoms with Gasteiger partial charge >= 0.3 is 0 Å². The van der Waals surface area contributed by atoms with E-state index in [2.05, 4.69) is 105 Å². The Labute approximate surface area is 163 Å². The highest BCUT2D eigenvalue weighted by Gasteiger charge is 2.47. The van der Waals surface area contributed by atoms with E-state index in [-0.39, 0.29) is 23.2 Å². The van der Waals surface area contributed by atoms with Crippen molar-refractivity contribution < 1.29 is 4.79 Å². The predicted molar refractivity (Wildman–Crippen MR) is 115 cm³/mol. The standard InChI is InChI=1S/C25H25OP/c1-18-23(26)19(2)25(21-14-8-4-9-15-21)27(22-16-10-5-11-17-22)24(18)20-12-6-3-7-13-20/h3-19,24-25H,1-2H3/t18-,19+,24-,25-,27?/m1/s1. The van der Waals surface area contributed by atoms with E-state index < -0.39 is 7.92 Å². The number of carbonyl (C=O) groups is 1. The van der Waals surface area contributed by atoms with E-state index in [0.29, 0.717) is 5.78 Å². The summed E-state index contributed by atoms with van der Waals surface area (Å²) in [6, 6.07) is 32.2. The fourth-order valence-electron chi connectivity index (χ4n) is 4.50. The quantitative estimate of drug-likeness (QED) is 0.505. The topological polar surface area (TPSA) is 17.1 Å². The average Bonchev–Trinajstić information content (AvgIpc) is 2.73. The Hall–Kier alpha value is -2.24. The molecular formula is C25H25OP. The van der Waals surface area contributed by atoms with Gasteiger partial charge in [-0.3, -0.25) is 4.79 Å². The van der Waals surface area contributed by atoms with Gasteiger partial charge in [0.2, 0.25) is 0 Å². The molecule has 136 valence electrons. The van der Waals surface area contributed by atoms with Crippen LogP contribution in [-0.4, -0.2) is 5.78 Å². The van der Waals surface area contributed by atoms with Crippen molar-refractivity contribution >= 4 is 19.0 Å². The first-order valence-corrected chi connectivity index (χ1v) is 11.1. The Morgan fingerprint density at radius 2 is 0.963 bits per heavy atom. The number of carbonyl (C=O) groups excluding carboxylic acids is 1. The number of hydrogen-bond donors (Lipinski definition) is 0. The third-order valence-electron chi connectivity index (χ3n) is 5.78. The average molecular weight is 372 g/mol. The van der Waals surface area contributed by atoms with Crippen LogP contribution in [0, 0.1) is 11.8 Å². The van der Waals surface area contributed by atoms with Crippen LogP contribution in [-0.2, 0) is 4.79 Å². The second-order valence-corrected chi connectivity index (χ2v) is 9.88. The molecule has 0 spiro atoms. The minimum absolute atomic E-state index is 0.0358. The molecule has 3 aromatic rings. The predicted octanol–water partition coefficient (Wildman–Crippen LogP) is 6.13. The lowest BCUT2D eigenvalue weighted by Crippen LogP contribution is -2.36. The van der Waals surface area contributed by atoms with Gasteiger partial charge in [-0.1, -0.05) is 113 Å². The molecule has 0 amide bonds. The first-order chi connectivity index (χ1) is 13.2. The highest BCUT2D eigenvalue weighted by atomic mass is 31.1. The molecule has 0 radical (unpaired) electrons. The van der Waals surface area contributed by atoms with E-state index in [0.717, 1.165) is 0 Å². The Balaban J connectivity index is 1.91. The lowest BCUT2D eigenvalue weighted by Gasteiger charge is -2.46. The van der Waals surface area contributed by atoms with Crippen LogP contribution in [0.1, 0.15) is 36.3 Å². The molecule has 1 saturated heterocycles. The summed E-state index contributed by atoms with van der Waals surface area (Å²) in [5.41, 5.74) is 3.08. The lowest BCUT2D eigenvalue weighted by atomic mass is 9.85. The van der Waals surface area contributed by atoms with Crippen LogP contribution in [0.3, 0.4) is 0 Å². The number of hydrogen-bond acceptors (Lipinski definition) is 1. The monoisotopic (exact) mass is 372 g/mol. The zero-order chi connectivity index (χ0) is 18.8. The lowest BCUT2D eigenvalue weighted by molar-refractivity contribution is -0.126. The van der Waals surface area contributed by atoms with E-state index in [9.17, 15) is 4.79 Å². The van der Waals surface area contributed by atoms with Crippen LogP contribution in [0.2, 0.25) is 0 Å². The summed E-state index contributed by atoms with van der Waals surface area (Å²) in [5.74, 6) is 0.467. The van der Waals surface area contributed by atoms with Crippen molar-refractivity contribution in [3.05, 3.63) is 102 Å². The van der Waals surface area contributed by atoms with E-state index in [1.807, 2.05) is 0 Å². The van der Waals surface area contributed by atoms with Crippen molar-refractivity contribution in [1.82, 2.24) is 0 Å². The number of benzene rings is 3. The van der Waals surface area contributed by atoms with Crippen molar-refractivity contribution in [3.63, 3.8) is 0 Å². The number of ketones is 1. The van der Waals surface area contributed by atoms with Gasteiger partial charge in [-0.25, -0.2) is 0 Å². The van der Waals surface area contributed by atoms with Gasteiger partial charge in [-0.2, -0.15) is 0 Å². The smallest absolute Gasteiger partial charge is 0.140 e. The van der Waals surface area contributed by atoms with Gasteiger partial charge in [0.15, 0.2) is 0 Å². The molecule has 1 aliphatic heterocycles. The fourth-order valence-corrected chi connectivity index (χ4v) is 8.25. The summed E-state index contributed by atoms with van der Waals surface area (Å²) in [5, 5.41) is 1.39. The van der Waals surface area contributed by atoms with Crippen molar-refractivity contribution in [2.45, 2.75) is 25.2 Å². The second kappa shape index (κ2) is 7.79. The maximum atomic E-state index is 13.3. The zero-order valence-corrected chi connectivity index (χ0v) is 16.7. The summed E-state index contributed by atoms with van der Waals surface area (Å²) >= 11 is 0. The van der Waals surface area contributed by atoms with Crippen LogP contribution < -0.4 is 5.30 Å². The minimum atomic E-state index is -0.572. The molecule has 2 heteroatoms. The molecule has 0 N–H and O–H groups in total. The SMILES string of the molecule is C[C@@H]1C(=O)[C@H](C)[C@H](c2ccccc2)P(c2ccccc2)[C@H]1c1ccccc1. The first-order valence-electron chi connectivity index (χ1n) is 9.65. The van der Waals surface area contributed by atoms with Crippen molar-refractivity contribution in [2.24, 2.45) is 11.8 Å². The van der Waals surface area contributed by atoms with Crippen LogP contribution >= 0.6 is 7.92 Å². The third-order valence-corrected chi connectivity index (χ3v) is 9.36. The third kappa shape index (κ3) is 3.37. The van der Waals surface area contributed by atoms with Crippen LogP contribution in [0.4, 0.5) is 0 Å². The van der Waals surface area contributed by atoms with Gasteiger partial charge in [0.25, 0.3) is 0 Å². The molecular weight excluding hydrogens is 347 g/mol. The second-order valence-electron chi connectivity index (χ2n) is 7.43. The molecule has 1 unspecified atom stereocenters. The Morgan fingerprint density at radius 3 is 1.37 bits per heavy atom. The maximum Gasteiger partial charge on any atom is 0.140 e. The molecule has 1 heterocycles. The first kappa shape index (κ1) is 18.1. The Bertz CT molecular complexity index is 836. The van der Waals surface area contributed by atoms with Crippen molar-refractivity contribution in [2.75, 3.05) is 0 Å². The minimum Gasteiger partial charge on any atom is -0.299 e. The van der Waals surface area contributed by atoms with Crippen LogP contribution in [0.15, 0.2) is 91.0 Å². The highest BCUT2D eigenvalue weighted by molar-refractivity contribution is 7.66. The van der Waals surface area contributed by atoms with Gasteiger partial charge in [0.1, 0.15) is 5.78 Å². The molecule has 0 bridgehead atoms. The highest BCUT2D eigenvalue weighted by Crippen LogP contribution is 2.69. The summed E-state index contributed by atoms with van der Waals surface area (Å²) in [6.07, 6.45) is 0. The number of rotatable bonds is 3. The van der Waals surface area contributed by atoms with Crippen molar-refractivity contribution in [3.8, 4) is 0 Å². The van der Waals surface area contributed by atoms with E-state index in [4.69, 9.17) is 0 Å². The molecule has 1 aliphatic rings. The summed E-state index contributed by atoms with van der Waals surface area (Å²) in [4.78, 5) is 13.3. The normalized spacial score (nSPS) is 28.1. The summed E-state index contributed by atoms with van der Waals surface area (Å²) in [7, 11) is -0.572. The van der Waals surface area contributed by atoms with Crippen LogP contribution in [0.5, 0.6) is 0 Å².